The molecule has 1 fully saturated rings. The minimum absolute atomic E-state index is 0.138. The molecular formula is C35H45N5O5. The number of rotatable bonds is 12. The van der Waals surface area contributed by atoms with Crippen molar-refractivity contribution in [2.75, 3.05) is 50.0 Å². The average molecular weight is 616 g/mol. The van der Waals surface area contributed by atoms with Crippen LogP contribution in [0.25, 0.3) is 0 Å². The minimum atomic E-state index is -0.653. The average Bonchev–Trinajstić information content (AvgIpc) is 3.01. The molecule has 4 rings (SSSR count). The zero-order valence-electron chi connectivity index (χ0n) is 26.5. The van der Waals surface area contributed by atoms with Gasteiger partial charge in [0, 0.05) is 37.7 Å². The summed E-state index contributed by atoms with van der Waals surface area (Å²) >= 11 is 0. The molecular weight excluding hydrogens is 570 g/mol. The van der Waals surface area contributed by atoms with E-state index in [1.807, 2.05) is 30.3 Å². The Morgan fingerprint density at radius 2 is 1.53 bits per heavy atom. The number of ether oxygens (including phenoxy) is 2. The number of nitrogens with zero attached hydrogens (tertiary/aromatic N) is 2. The Morgan fingerprint density at radius 3 is 2.16 bits per heavy atom. The highest BCUT2D eigenvalue weighted by Gasteiger charge is 2.21. The first-order valence-corrected chi connectivity index (χ1v) is 15.5. The van der Waals surface area contributed by atoms with Gasteiger partial charge in [-0.15, -0.1) is 0 Å². The third-order valence-electron chi connectivity index (χ3n) is 7.55. The lowest BCUT2D eigenvalue weighted by Crippen LogP contribution is -2.39. The van der Waals surface area contributed by atoms with Crippen molar-refractivity contribution in [2.24, 2.45) is 5.73 Å². The Kier molecular flexibility index (Phi) is 11.9. The molecule has 45 heavy (non-hydrogen) atoms. The van der Waals surface area contributed by atoms with Crippen LogP contribution >= 0.6 is 0 Å². The van der Waals surface area contributed by atoms with E-state index in [1.165, 1.54) is 5.56 Å². The van der Waals surface area contributed by atoms with E-state index in [4.69, 9.17) is 15.2 Å². The topological polar surface area (TPSA) is 126 Å². The minimum Gasteiger partial charge on any atom is -0.444 e. The van der Waals surface area contributed by atoms with Gasteiger partial charge in [-0.1, -0.05) is 54.6 Å². The molecule has 1 heterocycles. The van der Waals surface area contributed by atoms with Crippen LogP contribution in [0, 0.1) is 0 Å². The number of hydrogen-bond acceptors (Lipinski definition) is 6. The van der Waals surface area contributed by atoms with Crippen LogP contribution in [0.5, 0.6) is 0 Å². The molecule has 0 aromatic heterocycles. The number of urea groups is 1. The van der Waals surface area contributed by atoms with Crippen molar-refractivity contribution in [1.29, 1.82) is 0 Å². The molecule has 10 nitrogen and oxygen atoms in total. The lowest BCUT2D eigenvalue weighted by molar-refractivity contribution is 0.0369. The van der Waals surface area contributed by atoms with Gasteiger partial charge in [-0.05, 0) is 75.5 Å². The van der Waals surface area contributed by atoms with E-state index in [1.54, 1.807) is 62.1 Å². The third-order valence-corrected chi connectivity index (χ3v) is 7.55. The van der Waals surface area contributed by atoms with Gasteiger partial charge in [0.15, 0.2) is 0 Å². The van der Waals surface area contributed by atoms with Crippen molar-refractivity contribution in [3.05, 3.63) is 95.6 Å². The van der Waals surface area contributed by atoms with E-state index in [0.29, 0.717) is 30.0 Å². The highest BCUT2D eigenvalue weighted by molar-refractivity contribution is 6.06. The highest BCUT2D eigenvalue weighted by atomic mass is 16.6. The molecule has 1 saturated heterocycles. The predicted octanol–water partition coefficient (Wildman–Crippen LogP) is 6.06. The SMILES string of the molecule is CC(C)(C)OC(=O)Nc1ccccc1NC(=O)c1ccc(CN(CC(CCCN2CCOCC2)c2ccccc2)C(N)=O)cc1. The van der Waals surface area contributed by atoms with E-state index < -0.39 is 17.7 Å². The lowest BCUT2D eigenvalue weighted by Gasteiger charge is -2.29. The van der Waals surface area contributed by atoms with Crippen molar-refractivity contribution in [2.45, 2.75) is 51.7 Å². The molecule has 10 heteroatoms. The van der Waals surface area contributed by atoms with Gasteiger partial charge in [-0.25, -0.2) is 9.59 Å². The maximum atomic E-state index is 13.1. The highest BCUT2D eigenvalue weighted by Crippen LogP contribution is 2.25. The first kappa shape index (κ1) is 33.5. The summed E-state index contributed by atoms with van der Waals surface area (Å²) in [7, 11) is 0. The van der Waals surface area contributed by atoms with Crippen LogP contribution in [0.4, 0.5) is 21.0 Å². The molecule has 3 aromatic carbocycles. The Morgan fingerprint density at radius 1 is 0.911 bits per heavy atom. The summed E-state index contributed by atoms with van der Waals surface area (Å²) in [5, 5.41) is 5.55. The van der Waals surface area contributed by atoms with Gasteiger partial charge in [0.05, 0.1) is 24.6 Å². The van der Waals surface area contributed by atoms with E-state index in [2.05, 4.69) is 27.7 Å². The summed E-state index contributed by atoms with van der Waals surface area (Å²) < 4.78 is 10.8. The van der Waals surface area contributed by atoms with Gasteiger partial charge in [0.2, 0.25) is 0 Å². The van der Waals surface area contributed by atoms with E-state index in [9.17, 15) is 14.4 Å². The molecule has 0 radical (unpaired) electrons. The molecule has 0 spiro atoms. The lowest BCUT2D eigenvalue weighted by atomic mass is 9.93. The number of nitrogens with two attached hydrogens (primary N) is 1. The first-order valence-electron chi connectivity index (χ1n) is 15.5. The molecule has 4 N–H and O–H groups in total. The summed E-state index contributed by atoms with van der Waals surface area (Å²) in [5.41, 5.74) is 8.55. The van der Waals surface area contributed by atoms with Crippen LogP contribution in [0.15, 0.2) is 78.9 Å². The molecule has 1 unspecified atom stereocenters. The van der Waals surface area contributed by atoms with Crippen LogP contribution in [-0.2, 0) is 16.0 Å². The fraction of sp³-hybridized carbons (Fsp3) is 0.400. The Hall–Kier alpha value is -4.41. The first-order chi connectivity index (χ1) is 21.6. The Balaban J connectivity index is 1.38. The van der Waals surface area contributed by atoms with Crippen molar-refractivity contribution in [3.63, 3.8) is 0 Å². The molecule has 3 aromatic rings. The van der Waals surface area contributed by atoms with Crippen LogP contribution in [0.1, 0.15) is 61.0 Å². The number of amides is 4. The van der Waals surface area contributed by atoms with Gasteiger partial charge < -0.3 is 25.4 Å². The Bertz CT molecular complexity index is 1400. The zero-order valence-corrected chi connectivity index (χ0v) is 26.5. The molecule has 0 bridgehead atoms. The number of carbonyl (C=O) groups excluding carboxylic acids is 3. The molecule has 1 atom stereocenters. The number of carbonyl (C=O) groups is 3. The van der Waals surface area contributed by atoms with E-state index in [-0.39, 0.29) is 11.8 Å². The quantitative estimate of drug-likeness (QED) is 0.227. The fourth-order valence-corrected chi connectivity index (χ4v) is 5.26. The number of nitrogens with one attached hydrogen (secondary N) is 2. The van der Waals surface area contributed by atoms with Crippen LogP contribution in [-0.4, -0.2) is 72.8 Å². The monoisotopic (exact) mass is 615 g/mol. The van der Waals surface area contributed by atoms with Gasteiger partial charge in [-0.2, -0.15) is 0 Å². The second-order valence-corrected chi connectivity index (χ2v) is 12.2. The largest absolute Gasteiger partial charge is 0.444 e. The smallest absolute Gasteiger partial charge is 0.412 e. The molecule has 1 aliphatic heterocycles. The summed E-state index contributed by atoms with van der Waals surface area (Å²) in [4.78, 5) is 42.0. The number of morpholine rings is 1. The van der Waals surface area contributed by atoms with Crippen molar-refractivity contribution in [1.82, 2.24) is 9.80 Å². The summed E-state index contributed by atoms with van der Waals surface area (Å²) in [6, 6.07) is 23.8. The van der Waals surface area contributed by atoms with Crippen LogP contribution in [0.2, 0.25) is 0 Å². The molecule has 0 saturated carbocycles. The van der Waals surface area contributed by atoms with Gasteiger partial charge in [0.1, 0.15) is 5.60 Å². The van der Waals surface area contributed by atoms with Gasteiger partial charge in [0.25, 0.3) is 5.91 Å². The maximum absolute atomic E-state index is 13.1. The van der Waals surface area contributed by atoms with E-state index >= 15 is 0 Å². The standard InChI is InChI=1S/C35H45N5O5/c1-35(2,3)45-34(43)38-31-14-8-7-13-30(31)37-32(41)28-17-15-26(16-18-28)24-40(33(36)42)25-29(27-10-5-4-6-11-27)12-9-19-39-20-22-44-23-21-39/h4-8,10-11,13-18,29H,9,12,19-25H2,1-3H3,(H2,36,42)(H,37,41)(H,38,43). The molecule has 4 amide bonds. The molecule has 0 aliphatic carbocycles. The normalized spacial score (nSPS) is 14.3. The number of anilines is 2. The maximum Gasteiger partial charge on any atom is 0.412 e. The third kappa shape index (κ3) is 10.9. The van der Waals surface area contributed by atoms with Crippen molar-refractivity contribution in [3.8, 4) is 0 Å². The van der Waals surface area contributed by atoms with Gasteiger partial charge in [-0.3, -0.25) is 15.0 Å². The van der Waals surface area contributed by atoms with E-state index in [0.717, 1.165) is 51.3 Å². The van der Waals surface area contributed by atoms with Crippen LogP contribution in [0.3, 0.4) is 0 Å². The summed E-state index contributed by atoms with van der Waals surface area (Å²) in [5.74, 6) is -0.199. The second-order valence-electron chi connectivity index (χ2n) is 12.2. The molecule has 1 aliphatic rings. The van der Waals surface area contributed by atoms with Crippen molar-refractivity contribution < 1.29 is 23.9 Å². The number of para-hydroxylation sites is 2. The Labute approximate surface area is 265 Å². The van der Waals surface area contributed by atoms with Crippen molar-refractivity contribution >= 4 is 29.4 Å². The molecule has 240 valence electrons. The zero-order chi connectivity index (χ0) is 32.2. The van der Waals surface area contributed by atoms with Gasteiger partial charge >= 0.3 is 12.1 Å². The summed E-state index contributed by atoms with van der Waals surface area (Å²) in [6.45, 7) is 10.6. The number of primary amides is 1. The number of hydrogen-bond donors (Lipinski definition) is 3. The second kappa shape index (κ2) is 16.1. The summed E-state index contributed by atoms with van der Waals surface area (Å²) in [6.07, 6.45) is 1.32. The fourth-order valence-electron chi connectivity index (χ4n) is 5.26. The predicted molar refractivity (Wildman–Crippen MR) is 176 cm³/mol. The number of benzene rings is 3. The van der Waals surface area contributed by atoms with Crippen LogP contribution < -0.4 is 16.4 Å².